The predicted octanol–water partition coefficient (Wildman–Crippen LogP) is 2.45. The molecule has 0 amide bonds. The number of thiazole rings is 1. The molecule has 1 aromatic rings. The summed E-state index contributed by atoms with van der Waals surface area (Å²) in [7, 11) is 0. The molecular formula is C13H25N3S. The summed E-state index contributed by atoms with van der Waals surface area (Å²) in [4.78, 5) is 8.49. The fourth-order valence-electron chi connectivity index (χ4n) is 1.79. The van der Waals surface area contributed by atoms with Crippen LogP contribution in [0.25, 0.3) is 0 Å². The molecule has 4 heteroatoms. The monoisotopic (exact) mass is 255 g/mol. The van der Waals surface area contributed by atoms with Gasteiger partial charge in [0.25, 0.3) is 0 Å². The van der Waals surface area contributed by atoms with E-state index in [-0.39, 0.29) is 0 Å². The van der Waals surface area contributed by atoms with Crippen molar-refractivity contribution >= 4 is 11.3 Å². The highest BCUT2D eigenvalue weighted by Gasteiger charge is 2.08. The molecule has 1 aromatic heterocycles. The Bertz CT molecular complexity index is 318. The zero-order valence-corrected chi connectivity index (χ0v) is 12.4. The first-order valence-corrected chi connectivity index (χ1v) is 7.41. The first kappa shape index (κ1) is 14.6. The van der Waals surface area contributed by atoms with Gasteiger partial charge < -0.3 is 10.2 Å². The van der Waals surface area contributed by atoms with E-state index < -0.39 is 0 Å². The van der Waals surface area contributed by atoms with E-state index in [1.54, 1.807) is 0 Å². The summed E-state index contributed by atoms with van der Waals surface area (Å²) in [5.74, 6) is 0. The number of aromatic nitrogens is 1. The van der Waals surface area contributed by atoms with Gasteiger partial charge in [-0.1, -0.05) is 20.8 Å². The summed E-state index contributed by atoms with van der Waals surface area (Å²) in [5, 5.41) is 4.65. The van der Waals surface area contributed by atoms with Gasteiger partial charge in [0.05, 0.1) is 10.7 Å². The van der Waals surface area contributed by atoms with Crippen LogP contribution < -0.4 is 5.32 Å². The number of nitrogens with one attached hydrogen (secondary N) is 1. The summed E-state index contributed by atoms with van der Waals surface area (Å²) in [5.41, 5.74) is 1.20. The van der Waals surface area contributed by atoms with Crippen LogP contribution in [0.2, 0.25) is 0 Å². The Hall–Kier alpha value is -0.450. The molecular weight excluding hydrogens is 230 g/mol. The highest BCUT2D eigenvalue weighted by atomic mass is 32.1. The Labute approximate surface area is 109 Å². The molecule has 0 unspecified atom stereocenters. The second-order valence-electron chi connectivity index (χ2n) is 4.17. The van der Waals surface area contributed by atoms with Crippen LogP contribution in [0, 0.1) is 6.92 Å². The van der Waals surface area contributed by atoms with Gasteiger partial charge in [0.2, 0.25) is 0 Å². The molecule has 0 saturated carbocycles. The Morgan fingerprint density at radius 3 is 2.53 bits per heavy atom. The van der Waals surface area contributed by atoms with Gasteiger partial charge in [0, 0.05) is 24.4 Å². The van der Waals surface area contributed by atoms with Crippen LogP contribution in [0.3, 0.4) is 0 Å². The number of hydrogen-bond acceptors (Lipinski definition) is 4. The fourth-order valence-corrected chi connectivity index (χ4v) is 2.82. The fraction of sp³-hybridized carbons (Fsp3) is 0.769. The summed E-state index contributed by atoms with van der Waals surface area (Å²) < 4.78 is 0. The van der Waals surface area contributed by atoms with Gasteiger partial charge in [-0.05, 0) is 26.6 Å². The van der Waals surface area contributed by atoms with E-state index in [2.05, 4.69) is 42.9 Å². The van der Waals surface area contributed by atoms with Crippen molar-refractivity contribution in [2.24, 2.45) is 0 Å². The van der Waals surface area contributed by atoms with Gasteiger partial charge >= 0.3 is 0 Å². The Morgan fingerprint density at radius 1 is 1.24 bits per heavy atom. The molecule has 0 bridgehead atoms. The van der Waals surface area contributed by atoms with Crippen LogP contribution in [0.5, 0.6) is 0 Å². The Kier molecular flexibility index (Phi) is 6.70. The van der Waals surface area contributed by atoms with E-state index in [0.717, 1.165) is 39.1 Å². The third kappa shape index (κ3) is 4.74. The van der Waals surface area contributed by atoms with E-state index >= 15 is 0 Å². The number of rotatable bonds is 8. The lowest BCUT2D eigenvalue weighted by molar-refractivity contribution is 0.308. The van der Waals surface area contributed by atoms with Crippen molar-refractivity contribution in [1.29, 1.82) is 0 Å². The van der Waals surface area contributed by atoms with E-state index in [1.165, 1.54) is 15.6 Å². The average Bonchev–Trinajstić information content (AvgIpc) is 2.69. The van der Waals surface area contributed by atoms with E-state index in [1.807, 2.05) is 11.3 Å². The maximum atomic E-state index is 4.66. The number of nitrogens with zero attached hydrogens (tertiary/aromatic N) is 2. The largest absolute Gasteiger partial charge is 0.312 e. The first-order valence-electron chi connectivity index (χ1n) is 6.59. The minimum absolute atomic E-state index is 0.964. The second-order valence-corrected chi connectivity index (χ2v) is 5.34. The standard InChI is InChI=1S/C13H25N3S/c1-5-14-10-12-11(4)15-13(17-12)8-9-16(6-2)7-3/h14H,5-10H2,1-4H3. The SMILES string of the molecule is CCNCc1sc(CCN(CC)CC)nc1C. The molecule has 0 aliphatic carbocycles. The molecule has 0 saturated heterocycles. The van der Waals surface area contributed by atoms with Crippen molar-refractivity contribution in [2.45, 2.75) is 40.7 Å². The average molecular weight is 255 g/mol. The third-order valence-corrected chi connectivity index (χ3v) is 4.23. The van der Waals surface area contributed by atoms with E-state index in [0.29, 0.717) is 0 Å². The topological polar surface area (TPSA) is 28.2 Å². The van der Waals surface area contributed by atoms with Gasteiger partial charge in [-0.25, -0.2) is 4.98 Å². The lowest BCUT2D eigenvalue weighted by Crippen LogP contribution is -2.25. The van der Waals surface area contributed by atoms with Crippen LogP contribution in [-0.2, 0) is 13.0 Å². The highest BCUT2D eigenvalue weighted by Crippen LogP contribution is 2.18. The van der Waals surface area contributed by atoms with Crippen molar-refractivity contribution in [2.75, 3.05) is 26.2 Å². The number of hydrogen-bond donors (Lipinski definition) is 1. The van der Waals surface area contributed by atoms with Crippen LogP contribution in [0.15, 0.2) is 0 Å². The molecule has 0 aromatic carbocycles. The molecule has 17 heavy (non-hydrogen) atoms. The molecule has 0 radical (unpaired) electrons. The van der Waals surface area contributed by atoms with Crippen molar-refractivity contribution < 1.29 is 0 Å². The minimum Gasteiger partial charge on any atom is -0.312 e. The Balaban J connectivity index is 2.48. The molecule has 0 fully saturated rings. The van der Waals surface area contributed by atoms with Crippen molar-refractivity contribution in [1.82, 2.24) is 15.2 Å². The molecule has 98 valence electrons. The van der Waals surface area contributed by atoms with Crippen LogP contribution in [0.4, 0.5) is 0 Å². The van der Waals surface area contributed by atoms with Crippen LogP contribution in [-0.4, -0.2) is 36.1 Å². The number of likely N-dealkylation sites (N-methyl/N-ethyl adjacent to an activating group) is 1. The zero-order valence-electron chi connectivity index (χ0n) is 11.5. The normalized spacial score (nSPS) is 11.4. The highest BCUT2D eigenvalue weighted by molar-refractivity contribution is 7.11. The lowest BCUT2D eigenvalue weighted by Gasteiger charge is -2.16. The lowest BCUT2D eigenvalue weighted by atomic mass is 10.3. The third-order valence-electron chi connectivity index (χ3n) is 3.01. The summed E-state index contributed by atoms with van der Waals surface area (Å²) >= 11 is 1.86. The molecule has 0 aliphatic rings. The molecule has 3 nitrogen and oxygen atoms in total. The molecule has 1 heterocycles. The van der Waals surface area contributed by atoms with E-state index in [9.17, 15) is 0 Å². The molecule has 1 rings (SSSR count). The molecule has 1 N–H and O–H groups in total. The van der Waals surface area contributed by atoms with Crippen molar-refractivity contribution in [3.05, 3.63) is 15.6 Å². The van der Waals surface area contributed by atoms with Crippen molar-refractivity contribution in [3.8, 4) is 0 Å². The molecule has 0 spiro atoms. The smallest absolute Gasteiger partial charge is 0.0944 e. The van der Waals surface area contributed by atoms with Gasteiger partial charge in [-0.3, -0.25) is 0 Å². The molecule has 0 aliphatic heterocycles. The van der Waals surface area contributed by atoms with Gasteiger partial charge in [0.1, 0.15) is 0 Å². The maximum absolute atomic E-state index is 4.66. The van der Waals surface area contributed by atoms with E-state index in [4.69, 9.17) is 0 Å². The quantitative estimate of drug-likeness (QED) is 0.773. The zero-order chi connectivity index (χ0) is 12.7. The van der Waals surface area contributed by atoms with Gasteiger partial charge in [0.15, 0.2) is 0 Å². The summed E-state index contributed by atoms with van der Waals surface area (Å²) in [6.45, 7) is 14.1. The number of aryl methyl sites for hydroxylation is 1. The first-order chi connectivity index (χ1) is 8.21. The van der Waals surface area contributed by atoms with Crippen LogP contribution in [0.1, 0.15) is 36.3 Å². The van der Waals surface area contributed by atoms with Gasteiger partial charge in [-0.2, -0.15) is 0 Å². The van der Waals surface area contributed by atoms with Gasteiger partial charge in [-0.15, -0.1) is 11.3 Å². The summed E-state index contributed by atoms with van der Waals surface area (Å²) in [6, 6.07) is 0. The molecule has 0 atom stereocenters. The predicted molar refractivity (Wildman–Crippen MR) is 75.7 cm³/mol. The minimum atomic E-state index is 0.964. The van der Waals surface area contributed by atoms with Crippen molar-refractivity contribution in [3.63, 3.8) is 0 Å². The van der Waals surface area contributed by atoms with Crippen LogP contribution >= 0.6 is 11.3 Å². The second kappa shape index (κ2) is 7.80. The summed E-state index contributed by atoms with van der Waals surface area (Å²) in [6.07, 6.45) is 1.08. The Morgan fingerprint density at radius 2 is 1.94 bits per heavy atom. The maximum Gasteiger partial charge on any atom is 0.0944 e.